The van der Waals surface area contributed by atoms with E-state index in [0.717, 1.165) is 11.3 Å². The van der Waals surface area contributed by atoms with Gasteiger partial charge in [0.1, 0.15) is 5.69 Å². The number of phenols is 1. The molecule has 0 fully saturated rings. The number of hydrogen-bond donors (Lipinski definition) is 2. The van der Waals surface area contributed by atoms with Crippen molar-refractivity contribution in [3.63, 3.8) is 0 Å². The fraction of sp³-hybridized carbons (Fsp3) is 0.0909. The number of nitrogens with zero attached hydrogens (tertiary/aromatic N) is 2. The summed E-state index contributed by atoms with van der Waals surface area (Å²) in [6, 6.07) is 17.3. The van der Waals surface area contributed by atoms with Crippen LogP contribution in [0, 0.1) is 0 Å². The van der Waals surface area contributed by atoms with E-state index in [4.69, 9.17) is 20.8 Å². The summed E-state index contributed by atoms with van der Waals surface area (Å²) < 4.78 is 12.2. The Labute approximate surface area is 177 Å². The molecule has 7 nitrogen and oxygen atoms in total. The number of amides is 1. The molecule has 1 amide bonds. The lowest BCUT2D eigenvalue weighted by molar-refractivity contribution is 0.0945. The molecule has 0 atom stereocenters. The summed E-state index contributed by atoms with van der Waals surface area (Å²) in [7, 11) is 1.47. The van der Waals surface area contributed by atoms with E-state index in [9.17, 15) is 9.90 Å². The average Bonchev–Trinajstić information content (AvgIpc) is 3.43. The minimum atomic E-state index is -0.345. The molecule has 4 aromatic rings. The van der Waals surface area contributed by atoms with Crippen molar-refractivity contribution in [2.45, 2.75) is 6.54 Å². The molecule has 0 aliphatic heterocycles. The second-order valence-corrected chi connectivity index (χ2v) is 6.91. The smallest absolute Gasteiger partial charge is 0.272 e. The van der Waals surface area contributed by atoms with Crippen LogP contribution in [0.4, 0.5) is 0 Å². The zero-order valence-electron chi connectivity index (χ0n) is 16.0. The first kappa shape index (κ1) is 19.6. The molecule has 0 aliphatic rings. The van der Waals surface area contributed by atoms with Crippen LogP contribution in [0.15, 0.2) is 71.3 Å². The second-order valence-electron chi connectivity index (χ2n) is 6.47. The lowest BCUT2D eigenvalue weighted by atomic mass is 10.2. The van der Waals surface area contributed by atoms with E-state index in [2.05, 4.69) is 10.4 Å². The number of nitrogens with one attached hydrogen (secondary N) is 1. The first-order valence-corrected chi connectivity index (χ1v) is 9.47. The fourth-order valence-electron chi connectivity index (χ4n) is 2.98. The molecule has 4 rings (SSSR count). The fourth-order valence-corrected chi connectivity index (χ4v) is 3.10. The normalized spacial score (nSPS) is 10.7. The van der Waals surface area contributed by atoms with Crippen LogP contribution in [-0.4, -0.2) is 27.9 Å². The third kappa shape index (κ3) is 4.01. The van der Waals surface area contributed by atoms with Crippen molar-refractivity contribution >= 4 is 17.5 Å². The average molecular weight is 424 g/mol. The van der Waals surface area contributed by atoms with Gasteiger partial charge in [-0.15, -0.1) is 0 Å². The number of carbonyl (C=O) groups excluding carboxylic acids is 1. The molecule has 0 aliphatic carbocycles. The van der Waals surface area contributed by atoms with Gasteiger partial charge in [0, 0.05) is 17.6 Å². The van der Waals surface area contributed by atoms with E-state index in [-0.39, 0.29) is 23.9 Å². The van der Waals surface area contributed by atoms with E-state index in [1.807, 2.05) is 12.1 Å². The van der Waals surface area contributed by atoms with E-state index in [1.165, 1.54) is 13.2 Å². The van der Waals surface area contributed by atoms with Crippen molar-refractivity contribution in [2.24, 2.45) is 0 Å². The highest BCUT2D eigenvalue weighted by molar-refractivity contribution is 6.30. The predicted molar refractivity (Wildman–Crippen MR) is 112 cm³/mol. The number of aromatic nitrogens is 2. The highest BCUT2D eigenvalue weighted by Gasteiger charge is 2.18. The van der Waals surface area contributed by atoms with Crippen molar-refractivity contribution in [3.8, 4) is 28.6 Å². The molecule has 2 aromatic heterocycles. The minimum Gasteiger partial charge on any atom is -0.504 e. The number of rotatable bonds is 6. The number of phenolic OH excluding ortho intramolecular Hbond substituents is 1. The highest BCUT2D eigenvalue weighted by atomic mass is 35.5. The minimum absolute atomic E-state index is 0.0392. The third-order valence-electron chi connectivity index (χ3n) is 4.48. The molecule has 30 heavy (non-hydrogen) atoms. The van der Waals surface area contributed by atoms with Crippen LogP contribution in [0.25, 0.3) is 17.1 Å². The van der Waals surface area contributed by atoms with Crippen LogP contribution in [0.2, 0.25) is 5.02 Å². The Bertz CT molecular complexity index is 1170. The lowest BCUT2D eigenvalue weighted by Gasteiger charge is -2.07. The van der Waals surface area contributed by atoms with Gasteiger partial charge in [0.05, 0.1) is 19.1 Å². The van der Waals surface area contributed by atoms with E-state index < -0.39 is 0 Å². The van der Waals surface area contributed by atoms with Gasteiger partial charge in [-0.25, -0.2) is 4.68 Å². The largest absolute Gasteiger partial charge is 0.504 e. The maximum atomic E-state index is 12.7. The van der Waals surface area contributed by atoms with Gasteiger partial charge in [-0.2, -0.15) is 5.10 Å². The number of aromatic hydroxyl groups is 1. The van der Waals surface area contributed by atoms with Crippen LogP contribution < -0.4 is 10.1 Å². The summed E-state index contributed by atoms with van der Waals surface area (Å²) in [5.41, 5.74) is 2.40. The SMILES string of the molecule is COc1cc(CNC(=O)c2cc(-c3ccco3)n(-c3ccc(Cl)cc3)n2)ccc1O. The number of ether oxygens (including phenoxy) is 1. The van der Waals surface area contributed by atoms with Crippen LogP contribution in [0.1, 0.15) is 16.1 Å². The number of methoxy groups -OCH3 is 1. The molecule has 0 unspecified atom stereocenters. The maximum absolute atomic E-state index is 12.7. The molecule has 2 N–H and O–H groups in total. The predicted octanol–water partition coefficient (Wildman–Crippen LogP) is 4.43. The van der Waals surface area contributed by atoms with Gasteiger partial charge in [-0.3, -0.25) is 4.79 Å². The van der Waals surface area contributed by atoms with Crippen molar-refractivity contribution in [3.05, 3.63) is 83.2 Å². The summed E-state index contributed by atoms with van der Waals surface area (Å²) >= 11 is 5.99. The molecular formula is C22H18ClN3O4. The number of hydrogen-bond acceptors (Lipinski definition) is 5. The first-order chi connectivity index (χ1) is 14.5. The van der Waals surface area contributed by atoms with E-state index >= 15 is 0 Å². The summed E-state index contributed by atoms with van der Waals surface area (Å²) in [4.78, 5) is 12.7. The van der Waals surface area contributed by atoms with Gasteiger partial charge < -0.3 is 19.6 Å². The quantitative estimate of drug-likeness (QED) is 0.479. The number of benzene rings is 2. The Balaban J connectivity index is 1.60. The molecule has 0 saturated heterocycles. The van der Waals surface area contributed by atoms with Crippen LogP contribution >= 0.6 is 11.6 Å². The van der Waals surface area contributed by atoms with Crippen molar-refractivity contribution in [1.82, 2.24) is 15.1 Å². The first-order valence-electron chi connectivity index (χ1n) is 9.09. The Hall–Kier alpha value is -3.71. The maximum Gasteiger partial charge on any atom is 0.272 e. The Morgan fingerprint density at radius 3 is 2.70 bits per heavy atom. The van der Waals surface area contributed by atoms with Gasteiger partial charge in [0.25, 0.3) is 5.91 Å². The molecule has 0 spiro atoms. The topological polar surface area (TPSA) is 89.5 Å². The molecule has 8 heteroatoms. The van der Waals surface area contributed by atoms with Crippen LogP contribution in [0.5, 0.6) is 11.5 Å². The van der Waals surface area contributed by atoms with Gasteiger partial charge in [-0.1, -0.05) is 17.7 Å². The van der Waals surface area contributed by atoms with Crippen molar-refractivity contribution in [2.75, 3.05) is 7.11 Å². The number of carbonyl (C=O) groups is 1. The third-order valence-corrected chi connectivity index (χ3v) is 4.74. The van der Waals surface area contributed by atoms with E-state index in [0.29, 0.717) is 22.2 Å². The molecule has 2 heterocycles. The molecule has 0 bridgehead atoms. The Morgan fingerprint density at radius 2 is 2.00 bits per heavy atom. The van der Waals surface area contributed by atoms with Crippen LogP contribution in [-0.2, 0) is 6.54 Å². The molecule has 0 radical (unpaired) electrons. The van der Waals surface area contributed by atoms with Gasteiger partial charge in [0.2, 0.25) is 0 Å². The van der Waals surface area contributed by atoms with Crippen LogP contribution in [0.3, 0.4) is 0 Å². The molecule has 152 valence electrons. The summed E-state index contributed by atoms with van der Waals surface area (Å²) in [6.45, 7) is 0.249. The zero-order chi connectivity index (χ0) is 21.1. The van der Waals surface area contributed by atoms with Gasteiger partial charge in [0.15, 0.2) is 23.0 Å². The summed E-state index contributed by atoms with van der Waals surface area (Å²) in [6.07, 6.45) is 1.56. The lowest BCUT2D eigenvalue weighted by Crippen LogP contribution is -2.23. The number of furan rings is 1. The highest BCUT2D eigenvalue weighted by Crippen LogP contribution is 2.27. The summed E-state index contributed by atoms with van der Waals surface area (Å²) in [5, 5.41) is 17.6. The summed E-state index contributed by atoms with van der Waals surface area (Å²) in [5.74, 6) is 0.619. The Kier molecular flexibility index (Phi) is 5.45. The van der Waals surface area contributed by atoms with E-state index in [1.54, 1.807) is 53.4 Å². The molecule has 2 aromatic carbocycles. The van der Waals surface area contributed by atoms with Gasteiger partial charge in [-0.05, 0) is 54.1 Å². The van der Waals surface area contributed by atoms with Crippen molar-refractivity contribution < 1.29 is 19.1 Å². The monoisotopic (exact) mass is 423 g/mol. The molecule has 0 saturated carbocycles. The van der Waals surface area contributed by atoms with Crippen molar-refractivity contribution in [1.29, 1.82) is 0 Å². The number of halogens is 1. The zero-order valence-corrected chi connectivity index (χ0v) is 16.8. The molecular weight excluding hydrogens is 406 g/mol. The Morgan fingerprint density at radius 1 is 1.20 bits per heavy atom. The standard InChI is InChI=1S/C22H18ClN3O4/c1-29-21-11-14(4-9-19(21)27)13-24-22(28)17-12-18(20-3-2-10-30-20)26(25-17)16-7-5-15(23)6-8-16/h2-12,27H,13H2,1H3,(H,24,28). The van der Waals surface area contributed by atoms with Gasteiger partial charge >= 0.3 is 0 Å². The second kappa shape index (κ2) is 8.34.